The van der Waals surface area contributed by atoms with E-state index in [9.17, 15) is 0 Å². The third-order valence-electron chi connectivity index (χ3n) is 3.62. The molecular weight excluding hydrogens is 302 g/mol. The Morgan fingerprint density at radius 3 is 2.79 bits per heavy atom. The predicted octanol–water partition coefficient (Wildman–Crippen LogP) is 3.42. The largest absolute Gasteiger partial charge is 0.396 e. The van der Waals surface area contributed by atoms with Gasteiger partial charge in [0, 0.05) is 29.7 Å². The lowest BCUT2D eigenvalue weighted by molar-refractivity contribution is 0.774. The molecule has 1 aliphatic heterocycles. The van der Waals surface area contributed by atoms with Crippen molar-refractivity contribution in [2.45, 2.75) is 12.3 Å². The Morgan fingerprint density at radius 1 is 1.26 bits per heavy atom. The van der Waals surface area contributed by atoms with Crippen LogP contribution in [0.4, 0.5) is 11.5 Å². The van der Waals surface area contributed by atoms with Crippen molar-refractivity contribution in [3.05, 3.63) is 52.6 Å². The minimum absolute atomic E-state index is 0.575. The number of nitrogens with two attached hydrogens (primary N) is 1. The number of halogens is 1. The normalized spacial score (nSPS) is 18.8. The third-order valence-corrected chi connectivity index (χ3v) is 4.05. The molecule has 98 valence electrons. The molecule has 4 heteroatoms. The number of hydrogen-bond acceptors (Lipinski definition) is 3. The molecule has 1 aliphatic rings. The summed E-state index contributed by atoms with van der Waals surface area (Å²) in [7, 11) is 0. The summed E-state index contributed by atoms with van der Waals surface area (Å²) >= 11 is 3.39. The van der Waals surface area contributed by atoms with Gasteiger partial charge in [-0.1, -0.05) is 30.3 Å². The molecule has 1 aromatic carbocycles. The van der Waals surface area contributed by atoms with E-state index in [2.05, 4.69) is 56.1 Å². The van der Waals surface area contributed by atoms with Crippen LogP contribution in [0.5, 0.6) is 0 Å². The zero-order valence-electron chi connectivity index (χ0n) is 10.6. The third kappa shape index (κ3) is 2.59. The number of anilines is 2. The number of pyridine rings is 1. The van der Waals surface area contributed by atoms with E-state index >= 15 is 0 Å². The Kier molecular flexibility index (Phi) is 3.42. The monoisotopic (exact) mass is 317 g/mol. The van der Waals surface area contributed by atoms with E-state index in [1.165, 1.54) is 5.56 Å². The van der Waals surface area contributed by atoms with Crippen LogP contribution in [0.2, 0.25) is 0 Å². The highest BCUT2D eigenvalue weighted by molar-refractivity contribution is 9.10. The summed E-state index contributed by atoms with van der Waals surface area (Å²) in [6.45, 7) is 2.00. The van der Waals surface area contributed by atoms with E-state index in [1.807, 2.05) is 12.3 Å². The smallest absolute Gasteiger partial charge is 0.151 e. The highest BCUT2D eigenvalue weighted by Gasteiger charge is 2.25. The molecule has 2 aromatic rings. The van der Waals surface area contributed by atoms with Gasteiger partial charge in [-0.05, 0) is 34.0 Å². The second-order valence-electron chi connectivity index (χ2n) is 4.91. The maximum atomic E-state index is 6.05. The van der Waals surface area contributed by atoms with Crippen LogP contribution in [0.1, 0.15) is 17.9 Å². The summed E-state index contributed by atoms with van der Waals surface area (Å²) < 4.78 is 0.924. The van der Waals surface area contributed by atoms with Gasteiger partial charge in [0.15, 0.2) is 5.82 Å². The zero-order chi connectivity index (χ0) is 13.2. The first-order valence-electron chi connectivity index (χ1n) is 6.45. The summed E-state index contributed by atoms with van der Waals surface area (Å²) in [5.74, 6) is 1.48. The minimum Gasteiger partial charge on any atom is -0.396 e. The Bertz CT molecular complexity index is 571. The maximum absolute atomic E-state index is 6.05. The van der Waals surface area contributed by atoms with Crippen LogP contribution in [0, 0.1) is 0 Å². The molecule has 1 saturated heterocycles. The standard InChI is InChI=1S/C15H16BrN3/c16-13-8-14(17)15(18-9-13)19-7-6-12(10-19)11-4-2-1-3-5-11/h1-5,8-9,12H,6-7,10,17H2. The van der Waals surface area contributed by atoms with Crippen molar-refractivity contribution < 1.29 is 0 Å². The molecular formula is C15H16BrN3. The first-order valence-corrected chi connectivity index (χ1v) is 7.24. The fraction of sp³-hybridized carbons (Fsp3) is 0.267. The van der Waals surface area contributed by atoms with Gasteiger partial charge in [0.25, 0.3) is 0 Å². The fourth-order valence-electron chi connectivity index (χ4n) is 2.66. The van der Waals surface area contributed by atoms with E-state index in [0.717, 1.165) is 35.5 Å². The molecule has 2 N–H and O–H groups in total. The maximum Gasteiger partial charge on any atom is 0.151 e. The van der Waals surface area contributed by atoms with Gasteiger partial charge < -0.3 is 10.6 Å². The lowest BCUT2D eigenvalue weighted by atomic mass is 9.99. The Labute approximate surface area is 121 Å². The molecule has 1 atom stereocenters. The SMILES string of the molecule is Nc1cc(Br)cnc1N1CCC(c2ccccc2)C1. The van der Waals surface area contributed by atoms with Crippen LogP contribution in [0.15, 0.2) is 47.1 Å². The molecule has 0 aliphatic carbocycles. The predicted molar refractivity (Wildman–Crippen MR) is 82.4 cm³/mol. The Hall–Kier alpha value is -1.55. The van der Waals surface area contributed by atoms with Gasteiger partial charge in [0.2, 0.25) is 0 Å². The highest BCUT2D eigenvalue weighted by Crippen LogP contribution is 2.32. The molecule has 1 aromatic heterocycles. The van der Waals surface area contributed by atoms with E-state index in [1.54, 1.807) is 0 Å². The summed E-state index contributed by atoms with van der Waals surface area (Å²) in [4.78, 5) is 6.72. The second kappa shape index (κ2) is 5.21. The molecule has 1 unspecified atom stereocenters. The average Bonchev–Trinajstić information content (AvgIpc) is 2.89. The number of nitrogens with zero attached hydrogens (tertiary/aromatic N) is 2. The van der Waals surface area contributed by atoms with Gasteiger partial charge in [0.1, 0.15) is 0 Å². The molecule has 3 nitrogen and oxygen atoms in total. The second-order valence-corrected chi connectivity index (χ2v) is 5.82. The van der Waals surface area contributed by atoms with E-state index in [0.29, 0.717) is 5.92 Å². The molecule has 0 bridgehead atoms. The topological polar surface area (TPSA) is 42.1 Å². The van der Waals surface area contributed by atoms with Crippen molar-refractivity contribution in [1.29, 1.82) is 0 Å². The summed E-state index contributed by atoms with van der Waals surface area (Å²) in [5, 5.41) is 0. The lowest BCUT2D eigenvalue weighted by Crippen LogP contribution is -2.21. The lowest BCUT2D eigenvalue weighted by Gasteiger charge is -2.19. The molecule has 0 amide bonds. The van der Waals surface area contributed by atoms with E-state index < -0.39 is 0 Å². The number of hydrogen-bond donors (Lipinski definition) is 1. The van der Waals surface area contributed by atoms with Crippen LogP contribution < -0.4 is 10.6 Å². The number of benzene rings is 1. The van der Waals surface area contributed by atoms with Crippen LogP contribution >= 0.6 is 15.9 Å². The van der Waals surface area contributed by atoms with Crippen molar-refractivity contribution in [3.63, 3.8) is 0 Å². The van der Waals surface area contributed by atoms with Crippen molar-refractivity contribution in [2.75, 3.05) is 23.7 Å². The molecule has 0 spiro atoms. The van der Waals surface area contributed by atoms with E-state index in [-0.39, 0.29) is 0 Å². The van der Waals surface area contributed by atoms with E-state index in [4.69, 9.17) is 5.73 Å². The Balaban J connectivity index is 1.79. The first-order chi connectivity index (χ1) is 9.24. The molecule has 1 fully saturated rings. The van der Waals surface area contributed by atoms with Crippen LogP contribution in [0.3, 0.4) is 0 Å². The van der Waals surface area contributed by atoms with Gasteiger partial charge in [-0.15, -0.1) is 0 Å². The fourth-order valence-corrected chi connectivity index (χ4v) is 3.01. The van der Waals surface area contributed by atoms with Gasteiger partial charge in [0.05, 0.1) is 5.69 Å². The summed E-state index contributed by atoms with van der Waals surface area (Å²) in [5.41, 5.74) is 8.19. The van der Waals surface area contributed by atoms with Crippen molar-refractivity contribution in [2.24, 2.45) is 0 Å². The van der Waals surface area contributed by atoms with Gasteiger partial charge in [-0.2, -0.15) is 0 Å². The van der Waals surface area contributed by atoms with Gasteiger partial charge >= 0.3 is 0 Å². The zero-order valence-corrected chi connectivity index (χ0v) is 12.2. The summed E-state index contributed by atoms with van der Waals surface area (Å²) in [6.07, 6.45) is 2.96. The van der Waals surface area contributed by atoms with Crippen molar-refractivity contribution in [1.82, 2.24) is 4.98 Å². The molecule has 3 rings (SSSR count). The van der Waals surface area contributed by atoms with Gasteiger partial charge in [-0.3, -0.25) is 0 Å². The molecule has 19 heavy (non-hydrogen) atoms. The Morgan fingerprint density at radius 2 is 2.05 bits per heavy atom. The van der Waals surface area contributed by atoms with Crippen LogP contribution in [0.25, 0.3) is 0 Å². The number of aromatic nitrogens is 1. The number of rotatable bonds is 2. The van der Waals surface area contributed by atoms with Crippen LogP contribution in [-0.2, 0) is 0 Å². The van der Waals surface area contributed by atoms with Gasteiger partial charge in [-0.25, -0.2) is 4.98 Å². The molecule has 2 heterocycles. The van der Waals surface area contributed by atoms with Crippen LogP contribution in [-0.4, -0.2) is 18.1 Å². The average molecular weight is 318 g/mol. The molecule has 0 saturated carbocycles. The highest BCUT2D eigenvalue weighted by atomic mass is 79.9. The van der Waals surface area contributed by atoms with Crippen molar-refractivity contribution >= 4 is 27.4 Å². The molecule has 0 radical (unpaired) electrons. The summed E-state index contributed by atoms with van der Waals surface area (Å²) in [6, 6.07) is 12.6. The quantitative estimate of drug-likeness (QED) is 0.922. The number of nitrogen functional groups attached to an aromatic ring is 1. The minimum atomic E-state index is 0.575. The van der Waals surface area contributed by atoms with Crippen molar-refractivity contribution in [3.8, 4) is 0 Å². The first kappa shape index (κ1) is 12.5.